The van der Waals surface area contributed by atoms with Crippen LogP contribution in [0.2, 0.25) is 0 Å². The largest absolute Gasteiger partial charge is 0.368 e. The summed E-state index contributed by atoms with van der Waals surface area (Å²) in [6.45, 7) is 3.00. The minimum atomic E-state index is -0.543. The van der Waals surface area contributed by atoms with Crippen molar-refractivity contribution in [3.05, 3.63) is 40.8 Å². The van der Waals surface area contributed by atoms with Crippen LogP contribution >= 0.6 is 0 Å². The molecule has 0 aliphatic heterocycles. The summed E-state index contributed by atoms with van der Waals surface area (Å²) < 4.78 is 6.66. The number of carbonyl (C=O) groups excluding carboxylic acids is 1. The number of ether oxygens (including phenoxy) is 1. The van der Waals surface area contributed by atoms with Crippen molar-refractivity contribution in [3.8, 4) is 0 Å². The van der Waals surface area contributed by atoms with E-state index in [0.717, 1.165) is 17.5 Å². The highest BCUT2D eigenvalue weighted by Crippen LogP contribution is 2.15. The molecule has 0 fully saturated rings. The molecule has 0 saturated heterocycles. The normalized spacial score (nSPS) is 10.7. The van der Waals surface area contributed by atoms with E-state index >= 15 is 0 Å². The van der Waals surface area contributed by atoms with E-state index in [0.29, 0.717) is 18.7 Å². The topological polar surface area (TPSA) is 86.3 Å². The molecule has 0 unspecified atom stereocenters. The smallest absolute Gasteiger partial charge is 0.258 e. The Kier molecular flexibility index (Phi) is 4.94. The molecule has 6 nitrogen and oxygen atoms in total. The van der Waals surface area contributed by atoms with E-state index < -0.39 is 5.91 Å². The van der Waals surface area contributed by atoms with E-state index in [1.54, 1.807) is 18.3 Å². The Morgan fingerprint density at radius 3 is 2.90 bits per heavy atom. The number of benzene rings is 1. The molecule has 1 amide bonds. The molecule has 1 aromatic heterocycles. The highest BCUT2D eigenvalue weighted by Gasteiger charge is 2.05. The molecule has 0 spiro atoms. The van der Waals surface area contributed by atoms with Gasteiger partial charge < -0.3 is 20.4 Å². The van der Waals surface area contributed by atoms with Crippen LogP contribution in [0.1, 0.15) is 13.3 Å². The fourth-order valence-electron chi connectivity index (χ4n) is 2.03. The summed E-state index contributed by atoms with van der Waals surface area (Å²) in [7, 11) is 0. The fraction of sp³-hybridized carbons (Fsp3) is 0.333. The van der Waals surface area contributed by atoms with Gasteiger partial charge in [0.25, 0.3) is 5.56 Å². The van der Waals surface area contributed by atoms with Crippen molar-refractivity contribution >= 4 is 22.4 Å². The Balaban J connectivity index is 2.25. The lowest BCUT2D eigenvalue weighted by Gasteiger charge is -2.09. The maximum absolute atomic E-state index is 12.3. The van der Waals surface area contributed by atoms with Crippen LogP contribution in [0.15, 0.2) is 35.3 Å². The van der Waals surface area contributed by atoms with Gasteiger partial charge in [0.1, 0.15) is 13.3 Å². The third-order valence-corrected chi connectivity index (χ3v) is 3.03. The highest BCUT2D eigenvalue weighted by atomic mass is 16.5. The first-order chi connectivity index (χ1) is 10.1. The average Bonchev–Trinajstić information content (AvgIpc) is 2.46. The molecule has 6 heteroatoms. The molecule has 0 saturated carbocycles. The number of pyridine rings is 1. The Hall–Kier alpha value is -2.34. The number of amides is 1. The first-order valence-corrected chi connectivity index (χ1v) is 6.85. The van der Waals surface area contributed by atoms with E-state index in [4.69, 9.17) is 10.5 Å². The van der Waals surface area contributed by atoms with Crippen molar-refractivity contribution in [2.45, 2.75) is 19.9 Å². The quantitative estimate of drug-likeness (QED) is 0.594. The molecule has 0 radical (unpaired) electrons. The molecule has 0 aliphatic carbocycles. The van der Waals surface area contributed by atoms with Gasteiger partial charge in [-0.2, -0.15) is 0 Å². The Bertz CT molecular complexity index is 694. The maximum atomic E-state index is 12.3. The SMILES string of the molecule is CCCOCNc1ccc2ccn(CC(N)=O)c(=O)c2c1. The van der Waals surface area contributed by atoms with Gasteiger partial charge in [0.05, 0.1) is 0 Å². The number of nitrogens with zero attached hydrogens (tertiary/aromatic N) is 1. The van der Waals surface area contributed by atoms with Crippen molar-refractivity contribution in [1.29, 1.82) is 0 Å². The Labute approximate surface area is 122 Å². The molecule has 112 valence electrons. The third-order valence-electron chi connectivity index (χ3n) is 3.03. The second kappa shape index (κ2) is 6.90. The second-order valence-electron chi connectivity index (χ2n) is 4.75. The van der Waals surface area contributed by atoms with Crippen LogP contribution < -0.4 is 16.6 Å². The monoisotopic (exact) mass is 289 g/mol. The molecule has 3 N–H and O–H groups in total. The summed E-state index contributed by atoms with van der Waals surface area (Å²) in [5.41, 5.74) is 5.70. The predicted molar refractivity (Wildman–Crippen MR) is 82.1 cm³/mol. The van der Waals surface area contributed by atoms with Gasteiger partial charge in [-0.1, -0.05) is 13.0 Å². The van der Waals surface area contributed by atoms with Gasteiger partial charge >= 0.3 is 0 Å². The highest BCUT2D eigenvalue weighted by molar-refractivity contribution is 5.85. The number of carbonyl (C=O) groups is 1. The summed E-state index contributed by atoms with van der Waals surface area (Å²) >= 11 is 0. The minimum Gasteiger partial charge on any atom is -0.368 e. The first kappa shape index (κ1) is 15.1. The molecular formula is C15H19N3O3. The molecule has 2 rings (SSSR count). The van der Waals surface area contributed by atoms with Gasteiger partial charge in [0.15, 0.2) is 0 Å². The van der Waals surface area contributed by atoms with Crippen LogP contribution in [0.4, 0.5) is 5.69 Å². The lowest BCUT2D eigenvalue weighted by Crippen LogP contribution is -2.27. The van der Waals surface area contributed by atoms with E-state index in [2.05, 4.69) is 5.32 Å². The van der Waals surface area contributed by atoms with Gasteiger partial charge in [0.2, 0.25) is 5.91 Å². The van der Waals surface area contributed by atoms with Crippen LogP contribution in [0.25, 0.3) is 10.8 Å². The van der Waals surface area contributed by atoms with Crippen LogP contribution in [0.3, 0.4) is 0 Å². The number of nitrogens with two attached hydrogens (primary N) is 1. The van der Waals surface area contributed by atoms with Crippen LogP contribution in [0, 0.1) is 0 Å². The molecule has 2 aromatic rings. The number of rotatable bonds is 7. The van der Waals surface area contributed by atoms with Crippen LogP contribution in [-0.2, 0) is 16.1 Å². The molecule has 0 bridgehead atoms. The molecule has 1 heterocycles. The van der Waals surface area contributed by atoms with Gasteiger partial charge in [-0.15, -0.1) is 0 Å². The van der Waals surface area contributed by atoms with Crippen molar-refractivity contribution < 1.29 is 9.53 Å². The average molecular weight is 289 g/mol. The van der Waals surface area contributed by atoms with Crippen molar-refractivity contribution in [1.82, 2.24) is 4.57 Å². The molecule has 21 heavy (non-hydrogen) atoms. The number of anilines is 1. The van der Waals surface area contributed by atoms with Crippen LogP contribution in [0.5, 0.6) is 0 Å². The van der Waals surface area contributed by atoms with Crippen molar-refractivity contribution in [2.24, 2.45) is 5.73 Å². The summed E-state index contributed by atoms with van der Waals surface area (Å²) in [5, 5.41) is 4.46. The number of aromatic nitrogens is 1. The fourth-order valence-corrected chi connectivity index (χ4v) is 2.03. The molecule has 1 aromatic carbocycles. The van der Waals surface area contributed by atoms with E-state index in [1.807, 2.05) is 19.1 Å². The first-order valence-electron chi connectivity index (χ1n) is 6.85. The lowest BCUT2D eigenvalue weighted by atomic mass is 10.1. The Morgan fingerprint density at radius 1 is 1.38 bits per heavy atom. The summed E-state index contributed by atoms with van der Waals surface area (Å²) in [5.74, 6) is -0.543. The van der Waals surface area contributed by atoms with Crippen LogP contribution in [-0.4, -0.2) is 23.8 Å². The minimum absolute atomic E-state index is 0.119. The zero-order valence-corrected chi connectivity index (χ0v) is 12.0. The van der Waals surface area contributed by atoms with Crippen molar-refractivity contribution in [3.63, 3.8) is 0 Å². The number of hydrogen-bond acceptors (Lipinski definition) is 4. The number of fused-ring (bicyclic) bond motifs is 1. The number of hydrogen-bond donors (Lipinski definition) is 2. The van der Waals surface area contributed by atoms with Gasteiger partial charge in [-0.3, -0.25) is 9.59 Å². The van der Waals surface area contributed by atoms with Crippen molar-refractivity contribution in [2.75, 3.05) is 18.7 Å². The number of nitrogens with one attached hydrogen (secondary N) is 1. The third kappa shape index (κ3) is 3.82. The van der Waals surface area contributed by atoms with Gasteiger partial charge in [0, 0.05) is 23.9 Å². The lowest BCUT2D eigenvalue weighted by molar-refractivity contribution is -0.118. The van der Waals surface area contributed by atoms with E-state index in [1.165, 1.54) is 4.57 Å². The zero-order valence-electron chi connectivity index (χ0n) is 12.0. The molecular weight excluding hydrogens is 270 g/mol. The molecule has 0 aliphatic rings. The van der Waals surface area contributed by atoms with E-state index in [9.17, 15) is 9.59 Å². The number of primary amides is 1. The summed E-state index contributed by atoms with van der Waals surface area (Å²) in [4.78, 5) is 23.2. The molecule has 0 atom stereocenters. The second-order valence-corrected chi connectivity index (χ2v) is 4.75. The maximum Gasteiger partial charge on any atom is 0.258 e. The van der Waals surface area contributed by atoms with Gasteiger partial charge in [-0.25, -0.2) is 0 Å². The Morgan fingerprint density at radius 2 is 2.19 bits per heavy atom. The standard InChI is InChI=1S/C15H19N3O3/c1-2-7-21-10-17-12-4-3-11-5-6-18(9-14(16)19)15(20)13(11)8-12/h3-6,8,17H,2,7,9-10H2,1H3,(H2,16,19). The van der Waals surface area contributed by atoms with Gasteiger partial charge in [-0.05, 0) is 30.0 Å². The summed E-state index contributed by atoms with van der Waals surface area (Å²) in [6.07, 6.45) is 2.53. The summed E-state index contributed by atoms with van der Waals surface area (Å²) in [6, 6.07) is 7.28. The van der Waals surface area contributed by atoms with E-state index in [-0.39, 0.29) is 12.1 Å². The zero-order chi connectivity index (χ0) is 15.2. The predicted octanol–water partition coefficient (Wildman–Crippen LogP) is 1.28.